The topological polar surface area (TPSA) is 59.8 Å². The Morgan fingerprint density at radius 1 is 1.15 bits per heavy atom. The molecule has 0 aliphatic rings. The van der Waals surface area contributed by atoms with E-state index in [0.29, 0.717) is 16.4 Å². The standard InChI is InChI=1S/C18H12F2N4OS/c19-12-6-5-11(7-13(12)20)15-9-26-18(22-15)23-17(25)8-24-10-21-14-3-1-2-4-16(14)24/h1-7,9-10H,8H2,(H,22,23,25). The zero-order chi connectivity index (χ0) is 18.1. The number of nitrogens with zero attached hydrogens (tertiary/aromatic N) is 3. The van der Waals surface area contributed by atoms with Crippen molar-refractivity contribution >= 4 is 33.4 Å². The number of carbonyl (C=O) groups excluding carboxylic acids is 1. The number of rotatable bonds is 4. The minimum atomic E-state index is -0.937. The van der Waals surface area contributed by atoms with Crippen molar-refractivity contribution in [2.75, 3.05) is 5.32 Å². The first-order chi connectivity index (χ1) is 12.6. The molecule has 0 fully saturated rings. The molecule has 2 heterocycles. The van der Waals surface area contributed by atoms with E-state index in [1.54, 1.807) is 16.3 Å². The lowest BCUT2D eigenvalue weighted by Crippen LogP contribution is -2.18. The predicted octanol–water partition coefficient (Wildman–Crippen LogP) is 4.08. The Hall–Kier alpha value is -3.13. The molecule has 0 spiro atoms. The number of para-hydroxylation sites is 2. The molecular weight excluding hydrogens is 358 g/mol. The minimum Gasteiger partial charge on any atom is -0.321 e. The van der Waals surface area contributed by atoms with Crippen molar-refractivity contribution in [3.05, 3.63) is 65.8 Å². The van der Waals surface area contributed by atoms with Gasteiger partial charge in [-0.25, -0.2) is 18.7 Å². The number of hydrogen-bond acceptors (Lipinski definition) is 4. The van der Waals surface area contributed by atoms with Crippen molar-refractivity contribution < 1.29 is 13.6 Å². The van der Waals surface area contributed by atoms with E-state index < -0.39 is 11.6 Å². The van der Waals surface area contributed by atoms with E-state index in [-0.39, 0.29) is 12.5 Å². The van der Waals surface area contributed by atoms with E-state index in [1.165, 1.54) is 17.4 Å². The van der Waals surface area contributed by atoms with Gasteiger partial charge < -0.3 is 9.88 Å². The molecule has 4 aromatic rings. The molecule has 0 aliphatic heterocycles. The van der Waals surface area contributed by atoms with Gasteiger partial charge in [-0.2, -0.15) is 0 Å². The monoisotopic (exact) mass is 370 g/mol. The van der Waals surface area contributed by atoms with Crippen LogP contribution in [-0.4, -0.2) is 20.4 Å². The summed E-state index contributed by atoms with van der Waals surface area (Å²) in [6, 6.07) is 11.1. The molecule has 0 atom stereocenters. The Morgan fingerprint density at radius 3 is 2.85 bits per heavy atom. The highest BCUT2D eigenvalue weighted by molar-refractivity contribution is 7.14. The Morgan fingerprint density at radius 2 is 2.00 bits per heavy atom. The number of nitrogens with one attached hydrogen (secondary N) is 1. The molecule has 26 heavy (non-hydrogen) atoms. The first-order valence-electron chi connectivity index (χ1n) is 7.71. The number of hydrogen-bond donors (Lipinski definition) is 1. The number of imidazole rings is 1. The maximum Gasteiger partial charge on any atom is 0.246 e. The number of fused-ring (bicyclic) bond motifs is 1. The third-order valence-corrected chi connectivity index (χ3v) is 4.56. The number of anilines is 1. The van der Waals surface area contributed by atoms with Gasteiger partial charge in [0.05, 0.1) is 23.1 Å². The summed E-state index contributed by atoms with van der Waals surface area (Å²) in [5.41, 5.74) is 2.60. The van der Waals surface area contributed by atoms with Gasteiger partial charge >= 0.3 is 0 Å². The summed E-state index contributed by atoms with van der Waals surface area (Å²) in [4.78, 5) is 20.8. The van der Waals surface area contributed by atoms with Gasteiger partial charge in [0.1, 0.15) is 6.54 Å². The van der Waals surface area contributed by atoms with Crippen LogP contribution in [0.15, 0.2) is 54.2 Å². The Labute approximate surface area is 150 Å². The molecule has 0 radical (unpaired) electrons. The SMILES string of the molecule is O=C(Cn1cnc2ccccc21)Nc1nc(-c2ccc(F)c(F)c2)cs1. The molecule has 0 aliphatic carbocycles. The second-order valence-electron chi connectivity index (χ2n) is 5.58. The molecule has 0 saturated heterocycles. The average Bonchev–Trinajstić information content (AvgIpc) is 3.25. The second kappa shape index (κ2) is 6.64. The summed E-state index contributed by atoms with van der Waals surface area (Å²) >= 11 is 1.21. The fourth-order valence-electron chi connectivity index (χ4n) is 2.57. The normalized spacial score (nSPS) is 11.0. The quantitative estimate of drug-likeness (QED) is 0.589. The van der Waals surface area contributed by atoms with E-state index >= 15 is 0 Å². The molecule has 4 rings (SSSR count). The third-order valence-electron chi connectivity index (χ3n) is 3.81. The molecular formula is C18H12F2N4OS. The highest BCUT2D eigenvalue weighted by Crippen LogP contribution is 2.26. The van der Waals surface area contributed by atoms with Crippen LogP contribution in [0, 0.1) is 11.6 Å². The number of thiazole rings is 1. The van der Waals surface area contributed by atoms with Crippen LogP contribution >= 0.6 is 11.3 Å². The molecule has 1 N–H and O–H groups in total. The smallest absolute Gasteiger partial charge is 0.246 e. The van der Waals surface area contributed by atoms with Crippen molar-refractivity contribution in [1.29, 1.82) is 0 Å². The molecule has 2 aromatic heterocycles. The van der Waals surface area contributed by atoms with Gasteiger partial charge in [-0.3, -0.25) is 4.79 Å². The zero-order valence-electron chi connectivity index (χ0n) is 13.3. The summed E-state index contributed by atoms with van der Waals surface area (Å²) in [6.45, 7) is 0.0978. The van der Waals surface area contributed by atoms with Crippen LogP contribution in [-0.2, 0) is 11.3 Å². The highest BCUT2D eigenvalue weighted by atomic mass is 32.1. The summed E-state index contributed by atoms with van der Waals surface area (Å²) in [7, 11) is 0. The highest BCUT2D eigenvalue weighted by Gasteiger charge is 2.12. The van der Waals surface area contributed by atoms with Gasteiger partial charge in [0, 0.05) is 10.9 Å². The first-order valence-corrected chi connectivity index (χ1v) is 8.59. The van der Waals surface area contributed by atoms with E-state index in [0.717, 1.165) is 23.2 Å². The summed E-state index contributed by atoms with van der Waals surface area (Å²) in [5, 5.41) is 4.78. The lowest BCUT2D eigenvalue weighted by molar-refractivity contribution is -0.116. The van der Waals surface area contributed by atoms with Crippen LogP contribution in [0.3, 0.4) is 0 Å². The van der Waals surface area contributed by atoms with Crippen LogP contribution in [0.25, 0.3) is 22.3 Å². The maximum absolute atomic E-state index is 13.3. The summed E-state index contributed by atoms with van der Waals surface area (Å²) in [6.07, 6.45) is 1.61. The molecule has 0 unspecified atom stereocenters. The second-order valence-corrected chi connectivity index (χ2v) is 6.43. The van der Waals surface area contributed by atoms with Crippen molar-refractivity contribution in [1.82, 2.24) is 14.5 Å². The Bertz CT molecular complexity index is 1110. The summed E-state index contributed by atoms with van der Waals surface area (Å²) in [5.74, 6) is -2.10. The lowest BCUT2D eigenvalue weighted by atomic mass is 10.2. The molecule has 5 nitrogen and oxygen atoms in total. The molecule has 0 bridgehead atoms. The Balaban J connectivity index is 1.48. The minimum absolute atomic E-state index is 0.0978. The fourth-order valence-corrected chi connectivity index (χ4v) is 3.30. The van der Waals surface area contributed by atoms with Gasteiger partial charge in [0.2, 0.25) is 5.91 Å². The van der Waals surface area contributed by atoms with Crippen LogP contribution in [0.1, 0.15) is 0 Å². The van der Waals surface area contributed by atoms with Gasteiger partial charge in [-0.15, -0.1) is 11.3 Å². The van der Waals surface area contributed by atoms with E-state index in [9.17, 15) is 13.6 Å². The van der Waals surface area contributed by atoms with Crippen LogP contribution in [0.2, 0.25) is 0 Å². The van der Waals surface area contributed by atoms with Crippen LogP contribution in [0.5, 0.6) is 0 Å². The van der Waals surface area contributed by atoms with Crippen molar-refractivity contribution in [3.63, 3.8) is 0 Å². The number of halogens is 2. The van der Waals surface area contributed by atoms with Crippen LogP contribution in [0.4, 0.5) is 13.9 Å². The van der Waals surface area contributed by atoms with Crippen molar-refractivity contribution in [2.24, 2.45) is 0 Å². The zero-order valence-corrected chi connectivity index (χ0v) is 14.1. The lowest BCUT2D eigenvalue weighted by Gasteiger charge is -2.04. The molecule has 0 saturated carbocycles. The predicted molar refractivity (Wildman–Crippen MR) is 95.8 cm³/mol. The Kier molecular flexibility index (Phi) is 4.18. The molecule has 1 amide bonds. The van der Waals surface area contributed by atoms with Gasteiger partial charge in [0.25, 0.3) is 0 Å². The van der Waals surface area contributed by atoms with Crippen molar-refractivity contribution in [2.45, 2.75) is 6.54 Å². The number of benzene rings is 2. The number of carbonyl (C=O) groups is 1. The van der Waals surface area contributed by atoms with Gasteiger partial charge in [-0.05, 0) is 30.3 Å². The van der Waals surface area contributed by atoms with Gasteiger partial charge in [0.15, 0.2) is 16.8 Å². The third kappa shape index (κ3) is 3.18. The van der Waals surface area contributed by atoms with E-state index in [4.69, 9.17) is 0 Å². The fraction of sp³-hybridized carbons (Fsp3) is 0.0556. The number of aromatic nitrogens is 3. The first kappa shape index (κ1) is 16.3. The molecule has 130 valence electrons. The molecule has 2 aromatic carbocycles. The van der Waals surface area contributed by atoms with E-state index in [1.807, 2.05) is 24.3 Å². The van der Waals surface area contributed by atoms with Crippen molar-refractivity contribution in [3.8, 4) is 11.3 Å². The number of amides is 1. The van der Waals surface area contributed by atoms with Gasteiger partial charge in [-0.1, -0.05) is 12.1 Å². The summed E-state index contributed by atoms with van der Waals surface area (Å²) < 4.78 is 28.1. The van der Waals surface area contributed by atoms with E-state index in [2.05, 4.69) is 15.3 Å². The van der Waals surface area contributed by atoms with Crippen LogP contribution < -0.4 is 5.32 Å². The molecule has 8 heteroatoms. The average molecular weight is 370 g/mol. The largest absolute Gasteiger partial charge is 0.321 e. The maximum atomic E-state index is 13.3.